The number of rotatable bonds is 4. The van der Waals surface area contributed by atoms with Gasteiger partial charge in [-0.1, -0.05) is 40.2 Å². The number of nitrogens with zero attached hydrogens (tertiary/aromatic N) is 3. The Balaban J connectivity index is 1.78. The lowest BCUT2D eigenvalue weighted by Gasteiger charge is -2.30. The number of hydrogen-bond acceptors (Lipinski definition) is 4. The molecule has 2 aromatic rings. The van der Waals surface area contributed by atoms with Gasteiger partial charge in [0.05, 0.1) is 36.7 Å². The maximum atomic E-state index is 9.78. The molecule has 1 aromatic heterocycles. The van der Waals surface area contributed by atoms with E-state index in [0.717, 1.165) is 41.4 Å². The number of halogens is 1. The van der Waals surface area contributed by atoms with Crippen molar-refractivity contribution in [2.24, 2.45) is 5.41 Å². The highest BCUT2D eigenvalue weighted by atomic mass is 79.9. The maximum absolute atomic E-state index is 9.78. The lowest BCUT2D eigenvalue weighted by Crippen LogP contribution is -2.24. The average molecular weight is 384 g/mol. The van der Waals surface area contributed by atoms with Crippen molar-refractivity contribution in [2.75, 3.05) is 7.11 Å². The summed E-state index contributed by atoms with van der Waals surface area (Å²) in [6.07, 6.45) is 8.64. The van der Waals surface area contributed by atoms with Gasteiger partial charge in [0.2, 0.25) is 5.88 Å². The quantitative estimate of drug-likeness (QED) is 0.775. The lowest BCUT2D eigenvalue weighted by atomic mass is 9.72. The first-order valence-corrected chi connectivity index (χ1v) is 8.65. The molecular formula is C19H18BrN3O. The highest BCUT2D eigenvalue weighted by molar-refractivity contribution is 9.10. The Morgan fingerprint density at radius 3 is 2.71 bits per heavy atom. The van der Waals surface area contributed by atoms with Crippen LogP contribution >= 0.6 is 15.9 Å². The van der Waals surface area contributed by atoms with Crippen LogP contribution in [-0.4, -0.2) is 17.1 Å². The van der Waals surface area contributed by atoms with Crippen LogP contribution in [-0.2, 0) is 6.42 Å². The van der Waals surface area contributed by atoms with E-state index in [1.807, 2.05) is 18.2 Å². The molecule has 0 aliphatic heterocycles. The second kappa shape index (κ2) is 7.14. The molecule has 0 fully saturated rings. The van der Waals surface area contributed by atoms with E-state index in [4.69, 9.17) is 4.74 Å². The molecule has 1 aliphatic carbocycles. The van der Waals surface area contributed by atoms with E-state index in [9.17, 15) is 5.26 Å². The minimum absolute atomic E-state index is 0.354. The molecule has 1 aliphatic rings. The topological polar surface area (TPSA) is 58.8 Å². The second-order valence-electron chi connectivity index (χ2n) is 6.04. The zero-order chi connectivity index (χ0) is 17.0. The molecule has 0 N–H and O–H groups in total. The van der Waals surface area contributed by atoms with Crippen molar-refractivity contribution in [1.29, 1.82) is 5.26 Å². The summed E-state index contributed by atoms with van der Waals surface area (Å²) in [5.74, 6) is 0.510. The van der Waals surface area contributed by atoms with E-state index in [-0.39, 0.29) is 5.41 Å². The number of nitriles is 1. The van der Waals surface area contributed by atoms with Crippen molar-refractivity contribution >= 4 is 21.5 Å². The summed E-state index contributed by atoms with van der Waals surface area (Å²) >= 11 is 3.58. The average Bonchev–Trinajstić information content (AvgIpc) is 2.64. The molecule has 122 valence electrons. The third-order valence-corrected chi connectivity index (χ3v) is 5.28. The van der Waals surface area contributed by atoms with Gasteiger partial charge < -0.3 is 4.74 Å². The van der Waals surface area contributed by atoms with Crippen LogP contribution in [0, 0.1) is 16.7 Å². The number of ether oxygens (including phenoxy) is 1. The molecular weight excluding hydrogens is 366 g/mol. The predicted octanol–water partition coefficient (Wildman–Crippen LogP) is 4.57. The van der Waals surface area contributed by atoms with Gasteiger partial charge in [-0.3, -0.25) is 0 Å². The Kier molecular flexibility index (Phi) is 4.96. The van der Waals surface area contributed by atoms with Gasteiger partial charge in [-0.25, -0.2) is 9.97 Å². The minimum Gasteiger partial charge on any atom is -0.480 e. The van der Waals surface area contributed by atoms with Gasteiger partial charge in [0.15, 0.2) is 0 Å². The highest BCUT2D eigenvalue weighted by Gasteiger charge is 2.33. The maximum Gasteiger partial charge on any atom is 0.232 e. The normalized spacial score (nSPS) is 20.1. The van der Waals surface area contributed by atoms with Crippen LogP contribution < -0.4 is 4.74 Å². The van der Waals surface area contributed by atoms with Gasteiger partial charge in [0.25, 0.3) is 0 Å². The van der Waals surface area contributed by atoms with Gasteiger partial charge in [0.1, 0.15) is 0 Å². The van der Waals surface area contributed by atoms with Gasteiger partial charge in [0, 0.05) is 4.47 Å². The Labute approximate surface area is 150 Å². The minimum atomic E-state index is -0.354. The summed E-state index contributed by atoms with van der Waals surface area (Å²) in [5, 5.41) is 9.78. The van der Waals surface area contributed by atoms with E-state index in [1.165, 1.54) is 5.56 Å². The van der Waals surface area contributed by atoms with Crippen molar-refractivity contribution in [3.05, 3.63) is 58.5 Å². The largest absolute Gasteiger partial charge is 0.480 e. The van der Waals surface area contributed by atoms with E-state index < -0.39 is 0 Å². The number of allylic oxidation sites excluding steroid dienone is 2. The molecule has 1 unspecified atom stereocenters. The Morgan fingerprint density at radius 2 is 2.12 bits per heavy atom. The van der Waals surface area contributed by atoms with Crippen LogP contribution in [0.4, 0.5) is 0 Å². The fourth-order valence-corrected chi connectivity index (χ4v) is 3.45. The van der Waals surface area contributed by atoms with Crippen molar-refractivity contribution in [3.63, 3.8) is 0 Å². The van der Waals surface area contributed by atoms with Crippen LogP contribution in [0.3, 0.4) is 0 Å². The zero-order valence-corrected chi connectivity index (χ0v) is 15.1. The molecule has 0 saturated carbocycles. The standard InChI is InChI=1S/C19H18BrN3O/c1-24-18-12-22-17(11-23-18)14-6-8-19(13-21,9-7-14)10-15-4-2-3-5-16(15)20/h2-6,11-12H,7-10H2,1H3. The third kappa shape index (κ3) is 3.49. The fraction of sp³-hybridized carbons (Fsp3) is 0.316. The summed E-state index contributed by atoms with van der Waals surface area (Å²) in [5.41, 5.74) is 2.85. The number of aromatic nitrogens is 2. The van der Waals surface area contributed by atoms with Crippen LogP contribution in [0.15, 0.2) is 47.2 Å². The van der Waals surface area contributed by atoms with Crippen LogP contribution in [0.1, 0.15) is 30.5 Å². The summed E-state index contributed by atoms with van der Waals surface area (Å²) in [6, 6.07) is 10.7. The molecule has 0 amide bonds. The molecule has 3 rings (SSSR count). The van der Waals surface area contributed by atoms with Crippen molar-refractivity contribution in [2.45, 2.75) is 25.7 Å². The van der Waals surface area contributed by atoms with Crippen LogP contribution in [0.5, 0.6) is 5.88 Å². The first-order chi connectivity index (χ1) is 11.7. The highest BCUT2D eigenvalue weighted by Crippen LogP contribution is 2.41. The molecule has 0 bridgehead atoms. The Hall–Kier alpha value is -2.19. The lowest BCUT2D eigenvalue weighted by molar-refractivity contribution is 0.359. The van der Waals surface area contributed by atoms with Crippen molar-refractivity contribution in [1.82, 2.24) is 9.97 Å². The van der Waals surface area contributed by atoms with Crippen molar-refractivity contribution < 1.29 is 4.74 Å². The molecule has 0 spiro atoms. The number of benzene rings is 1. The summed E-state index contributed by atoms with van der Waals surface area (Å²) in [6.45, 7) is 0. The van der Waals surface area contributed by atoms with E-state index in [1.54, 1.807) is 19.5 Å². The van der Waals surface area contributed by atoms with E-state index in [0.29, 0.717) is 5.88 Å². The van der Waals surface area contributed by atoms with Crippen LogP contribution in [0.25, 0.3) is 5.57 Å². The van der Waals surface area contributed by atoms with E-state index >= 15 is 0 Å². The molecule has 1 atom stereocenters. The Morgan fingerprint density at radius 1 is 1.29 bits per heavy atom. The monoisotopic (exact) mass is 383 g/mol. The molecule has 0 radical (unpaired) electrons. The van der Waals surface area contributed by atoms with Gasteiger partial charge in [-0.05, 0) is 42.9 Å². The first-order valence-electron chi connectivity index (χ1n) is 7.86. The molecule has 24 heavy (non-hydrogen) atoms. The third-order valence-electron chi connectivity index (χ3n) is 4.50. The molecule has 5 heteroatoms. The molecule has 1 aromatic carbocycles. The Bertz CT molecular complexity index is 795. The van der Waals surface area contributed by atoms with Gasteiger partial charge in [-0.15, -0.1) is 0 Å². The summed E-state index contributed by atoms with van der Waals surface area (Å²) in [7, 11) is 1.58. The summed E-state index contributed by atoms with van der Waals surface area (Å²) in [4.78, 5) is 8.61. The number of methoxy groups -OCH3 is 1. The van der Waals surface area contributed by atoms with Gasteiger partial charge in [-0.2, -0.15) is 5.26 Å². The zero-order valence-electron chi connectivity index (χ0n) is 13.5. The second-order valence-corrected chi connectivity index (χ2v) is 6.89. The molecule has 4 nitrogen and oxygen atoms in total. The van der Waals surface area contributed by atoms with Crippen molar-refractivity contribution in [3.8, 4) is 11.9 Å². The fourth-order valence-electron chi connectivity index (χ4n) is 3.02. The van der Waals surface area contributed by atoms with Crippen LogP contribution in [0.2, 0.25) is 0 Å². The first kappa shape index (κ1) is 16.7. The smallest absolute Gasteiger partial charge is 0.232 e. The molecule has 1 heterocycles. The predicted molar refractivity (Wildman–Crippen MR) is 96.3 cm³/mol. The molecule has 0 saturated heterocycles. The van der Waals surface area contributed by atoms with Gasteiger partial charge >= 0.3 is 0 Å². The number of hydrogen-bond donors (Lipinski definition) is 0. The van der Waals surface area contributed by atoms with E-state index in [2.05, 4.69) is 44.1 Å². The SMILES string of the molecule is COc1cnc(C2=CCC(C#N)(Cc3ccccc3Br)CC2)cn1. The summed E-state index contributed by atoms with van der Waals surface area (Å²) < 4.78 is 6.11.